The van der Waals surface area contributed by atoms with Gasteiger partial charge in [0.15, 0.2) is 0 Å². The minimum atomic E-state index is 0.662. The van der Waals surface area contributed by atoms with Gasteiger partial charge in [0.1, 0.15) is 0 Å². The lowest BCUT2D eigenvalue weighted by Gasteiger charge is -2.19. The zero-order valence-electron chi connectivity index (χ0n) is 8.46. The Balaban J connectivity index is 1.99. The van der Waals surface area contributed by atoms with E-state index < -0.39 is 0 Å². The average molecular weight is 200 g/mol. The number of nitrogens with zero attached hydrogens (tertiary/aromatic N) is 1. The molecule has 3 heteroatoms. The number of nitrogens with two attached hydrogens (primary N) is 1. The van der Waals surface area contributed by atoms with E-state index in [-0.39, 0.29) is 0 Å². The molecular formula is C10H20N2S. The molecule has 1 aliphatic rings. The summed E-state index contributed by atoms with van der Waals surface area (Å²) in [5, 5.41) is 0. The maximum atomic E-state index is 5.43. The van der Waals surface area contributed by atoms with Gasteiger partial charge in [0, 0.05) is 6.04 Å². The van der Waals surface area contributed by atoms with Crippen LogP contribution in [0.3, 0.4) is 0 Å². The first kappa shape index (κ1) is 10.9. The molecule has 0 saturated heterocycles. The highest BCUT2D eigenvalue weighted by Crippen LogP contribution is 2.26. The molecule has 0 bridgehead atoms. The van der Waals surface area contributed by atoms with Crippen LogP contribution in [0.1, 0.15) is 39.0 Å². The molecule has 0 aromatic rings. The SMILES string of the molecule is CCN(CCCCC(N)=S)C1CC1. The maximum Gasteiger partial charge on any atom is 0.0727 e. The van der Waals surface area contributed by atoms with Crippen LogP contribution in [0.25, 0.3) is 0 Å². The number of thiocarbonyl (C=S) groups is 1. The Labute approximate surface area is 86.5 Å². The highest BCUT2D eigenvalue weighted by molar-refractivity contribution is 7.80. The largest absolute Gasteiger partial charge is 0.393 e. The van der Waals surface area contributed by atoms with E-state index in [0.29, 0.717) is 4.99 Å². The third-order valence-electron chi connectivity index (χ3n) is 2.59. The second kappa shape index (κ2) is 5.55. The highest BCUT2D eigenvalue weighted by atomic mass is 32.1. The number of unbranched alkanes of at least 4 members (excludes halogenated alkanes) is 1. The van der Waals surface area contributed by atoms with Gasteiger partial charge in [0.05, 0.1) is 4.99 Å². The molecule has 0 heterocycles. The summed E-state index contributed by atoms with van der Waals surface area (Å²) >= 11 is 4.83. The molecule has 0 aromatic heterocycles. The van der Waals surface area contributed by atoms with Crippen LogP contribution in [0.15, 0.2) is 0 Å². The zero-order valence-corrected chi connectivity index (χ0v) is 9.28. The Bertz CT molecular complexity index is 166. The van der Waals surface area contributed by atoms with Crippen molar-refractivity contribution in [3.05, 3.63) is 0 Å². The molecular weight excluding hydrogens is 180 g/mol. The Morgan fingerprint density at radius 2 is 2.15 bits per heavy atom. The molecule has 0 spiro atoms. The molecule has 13 heavy (non-hydrogen) atoms. The standard InChI is InChI=1S/C10H20N2S/c1-2-12(9-6-7-9)8-4-3-5-10(11)13/h9H,2-8H2,1H3,(H2,11,13). The highest BCUT2D eigenvalue weighted by Gasteiger charge is 2.26. The average Bonchev–Trinajstić information content (AvgIpc) is 2.87. The van der Waals surface area contributed by atoms with Crippen molar-refractivity contribution in [2.75, 3.05) is 13.1 Å². The topological polar surface area (TPSA) is 29.3 Å². The van der Waals surface area contributed by atoms with Crippen molar-refractivity contribution in [3.63, 3.8) is 0 Å². The first-order chi connectivity index (χ1) is 6.24. The molecule has 1 rings (SSSR count). The quantitative estimate of drug-likeness (QED) is 0.503. The molecule has 0 amide bonds. The van der Waals surface area contributed by atoms with E-state index in [1.54, 1.807) is 0 Å². The smallest absolute Gasteiger partial charge is 0.0727 e. The Kier molecular flexibility index (Phi) is 4.67. The molecule has 1 saturated carbocycles. The van der Waals surface area contributed by atoms with Crippen molar-refractivity contribution >= 4 is 17.2 Å². The van der Waals surface area contributed by atoms with Gasteiger partial charge in [-0.2, -0.15) is 0 Å². The number of rotatable bonds is 7. The molecule has 0 aromatic carbocycles. The second-order valence-electron chi connectivity index (χ2n) is 3.78. The zero-order chi connectivity index (χ0) is 9.68. The predicted octanol–water partition coefficient (Wildman–Crippen LogP) is 1.93. The van der Waals surface area contributed by atoms with Gasteiger partial charge in [-0.3, -0.25) is 0 Å². The lowest BCUT2D eigenvalue weighted by molar-refractivity contribution is 0.272. The van der Waals surface area contributed by atoms with Gasteiger partial charge in [-0.1, -0.05) is 19.1 Å². The predicted molar refractivity (Wildman–Crippen MR) is 60.9 cm³/mol. The minimum absolute atomic E-state index is 0.662. The van der Waals surface area contributed by atoms with Crippen LogP contribution in [0.4, 0.5) is 0 Å². The fourth-order valence-electron chi connectivity index (χ4n) is 1.65. The summed E-state index contributed by atoms with van der Waals surface area (Å²) < 4.78 is 0. The van der Waals surface area contributed by atoms with Gasteiger partial charge in [0.25, 0.3) is 0 Å². The van der Waals surface area contributed by atoms with Gasteiger partial charge < -0.3 is 10.6 Å². The maximum absolute atomic E-state index is 5.43. The van der Waals surface area contributed by atoms with Crippen LogP contribution < -0.4 is 5.73 Å². The van der Waals surface area contributed by atoms with Gasteiger partial charge in [-0.05, 0) is 45.2 Å². The van der Waals surface area contributed by atoms with E-state index in [1.165, 1.54) is 32.4 Å². The minimum Gasteiger partial charge on any atom is -0.393 e. The first-order valence-corrected chi connectivity index (χ1v) is 5.67. The van der Waals surface area contributed by atoms with Crippen LogP contribution in [-0.4, -0.2) is 29.0 Å². The molecule has 2 nitrogen and oxygen atoms in total. The lowest BCUT2D eigenvalue weighted by atomic mass is 10.2. The van der Waals surface area contributed by atoms with Crippen LogP contribution in [0.5, 0.6) is 0 Å². The summed E-state index contributed by atoms with van der Waals surface area (Å²) in [5.74, 6) is 0. The fourth-order valence-corrected chi connectivity index (χ4v) is 1.80. The molecule has 1 aliphatic carbocycles. The second-order valence-corrected chi connectivity index (χ2v) is 4.31. The van der Waals surface area contributed by atoms with Crippen LogP contribution in [0.2, 0.25) is 0 Å². The summed E-state index contributed by atoms with van der Waals surface area (Å²) in [6.07, 6.45) is 6.12. The Hall–Kier alpha value is -0.150. The van der Waals surface area contributed by atoms with E-state index in [4.69, 9.17) is 18.0 Å². The van der Waals surface area contributed by atoms with Crippen molar-refractivity contribution in [2.24, 2.45) is 5.73 Å². The van der Waals surface area contributed by atoms with Gasteiger partial charge in [-0.25, -0.2) is 0 Å². The van der Waals surface area contributed by atoms with Crippen LogP contribution in [0, 0.1) is 0 Å². The van der Waals surface area contributed by atoms with Gasteiger partial charge in [-0.15, -0.1) is 0 Å². The van der Waals surface area contributed by atoms with E-state index >= 15 is 0 Å². The first-order valence-electron chi connectivity index (χ1n) is 5.26. The Morgan fingerprint density at radius 3 is 2.62 bits per heavy atom. The van der Waals surface area contributed by atoms with E-state index in [1.807, 2.05) is 0 Å². The summed E-state index contributed by atoms with van der Waals surface area (Å²) in [6.45, 7) is 4.66. The third-order valence-corrected chi connectivity index (χ3v) is 2.79. The summed E-state index contributed by atoms with van der Waals surface area (Å²) in [4.78, 5) is 3.23. The fraction of sp³-hybridized carbons (Fsp3) is 0.900. The van der Waals surface area contributed by atoms with Crippen LogP contribution >= 0.6 is 12.2 Å². The summed E-state index contributed by atoms with van der Waals surface area (Å²) in [6, 6.07) is 0.898. The van der Waals surface area contributed by atoms with Crippen molar-refractivity contribution in [1.82, 2.24) is 4.90 Å². The molecule has 0 atom stereocenters. The molecule has 0 aliphatic heterocycles. The van der Waals surface area contributed by atoms with Crippen molar-refractivity contribution < 1.29 is 0 Å². The molecule has 0 unspecified atom stereocenters. The molecule has 2 N–H and O–H groups in total. The van der Waals surface area contributed by atoms with Gasteiger partial charge >= 0.3 is 0 Å². The third kappa shape index (κ3) is 4.58. The van der Waals surface area contributed by atoms with E-state index in [9.17, 15) is 0 Å². The Morgan fingerprint density at radius 1 is 1.46 bits per heavy atom. The van der Waals surface area contributed by atoms with Gasteiger partial charge in [0.2, 0.25) is 0 Å². The molecule has 76 valence electrons. The van der Waals surface area contributed by atoms with Crippen molar-refractivity contribution in [1.29, 1.82) is 0 Å². The molecule has 1 fully saturated rings. The number of hydrogen-bond acceptors (Lipinski definition) is 2. The lowest BCUT2D eigenvalue weighted by Crippen LogP contribution is -2.26. The van der Waals surface area contributed by atoms with Crippen molar-refractivity contribution in [3.8, 4) is 0 Å². The van der Waals surface area contributed by atoms with Crippen molar-refractivity contribution in [2.45, 2.75) is 45.1 Å². The molecule has 0 radical (unpaired) electrons. The van der Waals surface area contributed by atoms with E-state index in [2.05, 4.69) is 11.8 Å². The monoisotopic (exact) mass is 200 g/mol. The summed E-state index contributed by atoms with van der Waals surface area (Å²) in [5.41, 5.74) is 5.43. The van der Waals surface area contributed by atoms with Crippen LogP contribution in [-0.2, 0) is 0 Å². The summed E-state index contributed by atoms with van der Waals surface area (Å²) in [7, 11) is 0. The number of hydrogen-bond donors (Lipinski definition) is 1. The van der Waals surface area contributed by atoms with E-state index in [0.717, 1.165) is 18.9 Å². The normalized spacial score (nSPS) is 16.5.